The zero-order chi connectivity index (χ0) is 15.3. The molecule has 0 heterocycles. The summed E-state index contributed by atoms with van der Waals surface area (Å²) in [6, 6.07) is 4.08. The van der Waals surface area contributed by atoms with E-state index >= 15 is 0 Å². The molecule has 0 radical (unpaired) electrons. The van der Waals surface area contributed by atoms with Gasteiger partial charge in [-0.15, -0.1) is 0 Å². The van der Waals surface area contributed by atoms with Crippen LogP contribution in [0.2, 0.25) is 13.1 Å². The van der Waals surface area contributed by atoms with Crippen molar-refractivity contribution < 1.29 is 9.16 Å². The second-order valence-electron chi connectivity index (χ2n) is 6.33. The molecule has 0 aromatic heterocycles. The van der Waals surface area contributed by atoms with Crippen molar-refractivity contribution in [1.29, 1.82) is 0 Å². The van der Waals surface area contributed by atoms with Crippen LogP contribution in [-0.2, 0) is 5.41 Å². The van der Waals surface area contributed by atoms with Gasteiger partial charge in [0, 0.05) is 11.1 Å². The third-order valence-electron chi connectivity index (χ3n) is 2.94. The molecule has 0 saturated heterocycles. The molecule has 0 atom stereocenters. The zero-order valence-corrected chi connectivity index (χ0v) is 14.9. The molecule has 0 aliphatic heterocycles. The molecule has 3 heteroatoms. The highest BCUT2D eigenvalue weighted by Gasteiger charge is 2.26. The summed E-state index contributed by atoms with van der Waals surface area (Å²) < 4.78 is 12.1. The van der Waals surface area contributed by atoms with Gasteiger partial charge in [-0.3, -0.25) is 0 Å². The van der Waals surface area contributed by atoms with E-state index in [1.54, 1.807) is 0 Å². The molecule has 0 fully saturated rings. The fourth-order valence-electron chi connectivity index (χ4n) is 2.15. The van der Waals surface area contributed by atoms with Gasteiger partial charge in [0.15, 0.2) is 0 Å². The summed E-state index contributed by atoms with van der Waals surface area (Å²) in [6.45, 7) is 17.7. The van der Waals surface area contributed by atoms with Gasteiger partial charge < -0.3 is 9.16 Å². The lowest BCUT2D eigenvalue weighted by Crippen LogP contribution is -2.20. The molecule has 1 aromatic rings. The Balaban J connectivity index is 3.44. The first-order chi connectivity index (χ1) is 9.31. The molecule has 0 N–H and O–H groups in total. The predicted molar refractivity (Wildman–Crippen MR) is 90.5 cm³/mol. The van der Waals surface area contributed by atoms with E-state index in [9.17, 15) is 0 Å². The molecule has 0 aliphatic carbocycles. The highest BCUT2D eigenvalue weighted by Crippen LogP contribution is 2.42. The number of hydrogen-bond acceptors (Lipinski definition) is 2. The van der Waals surface area contributed by atoms with Crippen molar-refractivity contribution in [3.8, 4) is 11.5 Å². The lowest BCUT2D eigenvalue weighted by Gasteiger charge is -2.28. The van der Waals surface area contributed by atoms with Crippen LogP contribution >= 0.6 is 0 Å². The standard InChI is InChI=1S/C17H28O2Si/c1-8-12-18-14-11-10-13(9-2)16(19-20(6)7)15(14)17(3,4)5/h9-11,20H,2,8,12H2,1,3-7H3. The first-order valence-corrected chi connectivity index (χ1v) is 10.2. The van der Waals surface area contributed by atoms with Crippen molar-refractivity contribution in [2.24, 2.45) is 0 Å². The fourth-order valence-corrected chi connectivity index (χ4v) is 2.87. The molecule has 2 nitrogen and oxygen atoms in total. The minimum absolute atomic E-state index is 0.0271. The normalized spacial score (nSPS) is 11.6. The van der Waals surface area contributed by atoms with Crippen LogP contribution in [0.3, 0.4) is 0 Å². The van der Waals surface area contributed by atoms with Gasteiger partial charge in [0.25, 0.3) is 0 Å². The van der Waals surface area contributed by atoms with Gasteiger partial charge in [0.1, 0.15) is 11.5 Å². The van der Waals surface area contributed by atoms with E-state index in [0.29, 0.717) is 0 Å². The van der Waals surface area contributed by atoms with E-state index in [-0.39, 0.29) is 5.41 Å². The fraction of sp³-hybridized carbons (Fsp3) is 0.529. The molecule has 0 amide bonds. The Morgan fingerprint density at radius 1 is 1.25 bits per heavy atom. The maximum absolute atomic E-state index is 6.20. The van der Waals surface area contributed by atoms with E-state index in [2.05, 4.69) is 47.4 Å². The van der Waals surface area contributed by atoms with Gasteiger partial charge in [0.2, 0.25) is 9.04 Å². The molecule has 0 aliphatic rings. The van der Waals surface area contributed by atoms with Crippen LogP contribution in [-0.4, -0.2) is 15.6 Å². The van der Waals surface area contributed by atoms with Gasteiger partial charge in [-0.2, -0.15) is 0 Å². The van der Waals surface area contributed by atoms with Crippen LogP contribution < -0.4 is 9.16 Å². The molecule has 20 heavy (non-hydrogen) atoms. The lowest BCUT2D eigenvalue weighted by molar-refractivity contribution is 0.306. The SMILES string of the molecule is C=Cc1ccc(OCCC)c(C(C)(C)C)c1O[SiH](C)C. The average molecular weight is 292 g/mol. The summed E-state index contributed by atoms with van der Waals surface area (Å²) in [6.07, 6.45) is 2.87. The van der Waals surface area contributed by atoms with Crippen LogP contribution in [0.4, 0.5) is 0 Å². The molecule has 0 saturated carbocycles. The van der Waals surface area contributed by atoms with Crippen LogP contribution in [0.1, 0.15) is 45.2 Å². The van der Waals surface area contributed by atoms with E-state index in [1.165, 1.54) is 0 Å². The third-order valence-corrected chi connectivity index (χ3v) is 3.64. The van der Waals surface area contributed by atoms with Gasteiger partial charge in [-0.25, -0.2) is 0 Å². The molecular weight excluding hydrogens is 264 g/mol. The summed E-state index contributed by atoms with van der Waals surface area (Å²) in [5, 5.41) is 0. The molecule has 0 unspecified atom stereocenters. The molecule has 0 bridgehead atoms. The quantitative estimate of drug-likeness (QED) is 0.703. The number of rotatable bonds is 6. The number of hydrogen-bond donors (Lipinski definition) is 0. The molecule has 1 rings (SSSR count). The Hall–Kier alpha value is -1.22. The molecule has 0 spiro atoms. The summed E-state index contributed by atoms with van der Waals surface area (Å²) >= 11 is 0. The van der Waals surface area contributed by atoms with Crippen LogP contribution in [0.15, 0.2) is 18.7 Å². The Morgan fingerprint density at radius 3 is 2.35 bits per heavy atom. The van der Waals surface area contributed by atoms with Gasteiger partial charge >= 0.3 is 0 Å². The third kappa shape index (κ3) is 4.14. The Morgan fingerprint density at radius 2 is 1.90 bits per heavy atom. The van der Waals surface area contributed by atoms with E-state index in [1.807, 2.05) is 18.2 Å². The molecule has 112 valence electrons. The van der Waals surface area contributed by atoms with Crippen LogP contribution in [0.5, 0.6) is 11.5 Å². The Labute approximate surface area is 125 Å². The number of benzene rings is 1. The highest BCUT2D eigenvalue weighted by atomic mass is 28.3. The molecular formula is C17H28O2Si. The first-order valence-electron chi connectivity index (χ1n) is 7.40. The van der Waals surface area contributed by atoms with Crippen molar-refractivity contribution in [1.82, 2.24) is 0 Å². The van der Waals surface area contributed by atoms with Gasteiger partial charge in [-0.1, -0.05) is 40.3 Å². The summed E-state index contributed by atoms with van der Waals surface area (Å²) in [5.74, 6) is 1.90. The van der Waals surface area contributed by atoms with Gasteiger partial charge in [0.05, 0.1) is 6.61 Å². The van der Waals surface area contributed by atoms with Gasteiger partial charge in [-0.05, 0) is 37.1 Å². The highest BCUT2D eigenvalue weighted by molar-refractivity contribution is 6.49. The van der Waals surface area contributed by atoms with Crippen molar-refractivity contribution in [3.05, 3.63) is 29.8 Å². The minimum atomic E-state index is -1.19. The van der Waals surface area contributed by atoms with Crippen molar-refractivity contribution >= 4 is 15.1 Å². The number of ether oxygens (including phenoxy) is 1. The molecule has 1 aromatic carbocycles. The lowest BCUT2D eigenvalue weighted by atomic mass is 9.84. The van der Waals surface area contributed by atoms with Crippen LogP contribution in [0, 0.1) is 0 Å². The largest absolute Gasteiger partial charge is 0.546 e. The second kappa shape index (κ2) is 6.98. The topological polar surface area (TPSA) is 18.5 Å². The smallest absolute Gasteiger partial charge is 0.229 e. The first kappa shape index (κ1) is 16.8. The second-order valence-corrected chi connectivity index (χ2v) is 8.66. The summed E-state index contributed by atoms with van der Waals surface area (Å²) in [7, 11) is -1.19. The Kier molecular flexibility index (Phi) is 5.87. The monoisotopic (exact) mass is 292 g/mol. The van der Waals surface area contributed by atoms with E-state index < -0.39 is 9.04 Å². The van der Waals surface area contributed by atoms with E-state index in [4.69, 9.17) is 9.16 Å². The minimum Gasteiger partial charge on any atom is -0.546 e. The summed E-state index contributed by atoms with van der Waals surface area (Å²) in [5.41, 5.74) is 2.19. The Bertz CT molecular complexity index is 459. The van der Waals surface area contributed by atoms with Crippen molar-refractivity contribution in [2.75, 3.05) is 6.61 Å². The van der Waals surface area contributed by atoms with E-state index in [0.717, 1.165) is 35.7 Å². The van der Waals surface area contributed by atoms with Crippen LogP contribution in [0.25, 0.3) is 6.08 Å². The average Bonchev–Trinajstić information content (AvgIpc) is 2.34. The summed E-state index contributed by atoms with van der Waals surface area (Å²) in [4.78, 5) is 0. The predicted octanol–water partition coefficient (Wildman–Crippen LogP) is 4.78. The maximum Gasteiger partial charge on any atom is 0.229 e. The zero-order valence-electron chi connectivity index (χ0n) is 13.7. The van der Waals surface area contributed by atoms with Crippen molar-refractivity contribution in [3.63, 3.8) is 0 Å². The maximum atomic E-state index is 6.20. The van der Waals surface area contributed by atoms with Crippen molar-refractivity contribution in [2.45, 2.75) is 52.6 Å².